The molecule has 0 bridgehead atoms. The van der Waals surface area contributed by atoms with Crippen LogP contribution in [-0.4, -0.2) is 181 Å². The van der Waals surface area contributed by atoms with Gasteiger partial charge < -0.3 is 72.2 Å². The SMILES string of the molecule is CC(C)(C)[Si](C)(C)OCCN.CCCCNC(=O)C(Cc1c[nH]c2ccc(Br)cc12)=NC.CN=C(Cc1c[nH]c2ccc(Br)cc12)C(=O)NCCO.CN=C(Cc1c[nH]c2ccc(Br)cc12)C(=O)NCCO[Si](C)(C)C(C)(C)C.CN=C(Cc1c[nH]c2ccc(Br)cc12)C(=O)O.NCCCCCCN. The fourth-order valence-electron chi connectivity index (χ4n) is 9.66. The molecule has 0 aliphatic heterocycles. The molecule has 0 unspecified atom stereocenters. The smallest absolute Gasteiger partial charge is 0.350 e. The van der Waals surface area contributed by atoms with E-state index in [1.54, 1.807) is 21.1 Å². The molecule has 8 aromatic rings. The number of unbranched alkanes of at least 4 members (excludes halogenated alkanes) is 4. The number of carbonyl (C=O) groups excluding carboxylic acids is 3. The standard InChI is InChI=1S/C20H30BrN3O2Si.C16H20BrN3O.C14H16BrN3O2.C12H11BrN2O2.C8H21NOSi.C6H16N2/c1-20(2,3)27(5,6)26-10-9-23-19(25)18(22-4)11-14-13-24-17-8-7-15(21)12-16(14)17;1-3-4-7-19-16(21)15(18-2)8-11-10-20-14-6-5-12(17)9-13(11)14;1-16-13(14(20)17-4-5-19)6-9-8-18-12-3-2-10(15)7-11(9)12;1-14-11(12(16)17)4-7-6-15-10-3-2-8(13)5-9(7)10;1-8(2,3)11(4,5)10-7-6-9;7-5-3-1-2-4-6-8/h7-8,12-13,24H,9-11H2,1-6H3,(H,23,25);5-6,9-10,20H,3-4,7-8H2,1-2H3,(H,19,21);2-3,7-8,18-19H,4-6H2,1H3,(H,17,20);2-3,5-6,15H,4H2,1H3,(H,16,17);6-7,9H2,1-5H3;1-8H2. The number of aromatic nitrogens is 4. The van der Waals surface area contributed by atoms with Gasteiger partial charge in [-0.2, -0.15) is 0 Å². The maximum absolute atomic E-state index is 12.5. The molecule has 15 N–H and O–H groups in total. The van der Waals surface area contributed by atoms with Gasteiger partial charge >= 0.3 is 5.97 Å². The van der Waals surface area contributed by atoms with E-state index in [9.17, 15) is 19.2 Å². The lowest BCUT2D eigenvalue weighted by atomic mass is 10.1. The van der Waals surface area contributed by atoms with Crippen LogP contribution in [0, 0.1) is 0 Å². The van der Waals surface area contributed by atoms with Gasteiger partial charge in [-0.3, -0.25) is 34.4 Å². The molecule has 0 aliphatic rings. The van der Waals surface area contributed by atoms with E-state index in [4.69, 9.17) is 36.3 Å². The summed E-state index contributed by atoms with van der Waals surface area (Å²) in [7, 11) is 3.12. The van der Waals surface area contributed by atoms with Gasteiger partial charge in [0.2, 0.25) is 0 Å². The zero-order valence-electron chi connectivity index (χ0n) is 63.5. The Morgan fingerprint density at radius 2 is 0.750 bits per heavy atom. The predicted octanol–water partition coefficient (Wildman–Crippen LogP) is 14.9. The van der Waals surface area contributed by atoms with Crippen molar-refractivity contribution in [1.82, 2.24) is 35.9 Å². The van der Waals surface area contributed by atoms with E-state index in [2.05, 4.69) is 206 Å². The number of aliphatic hydroxyl groups excluding tert-OH is 1. The minimum Gasteiger partial charge on any atom is -0.477 e. The predicted molar refractivity (Wildman–Crippen MR) is 453 cm³/mol. The highest BCUT2D eigenvalue weighted by atomic mass is 79.9. The Kier molecular flexibility index (Phi) is 41.3. The monoisotopic (exact) mass is 1720 g/mol. The lowest BCUT2D eigenvalue weighted by Crippen LogP contribution is -2.43. The first-order valence-electron chi connectivity index (χ1n) is 35.1. The lowest BCUT2D eigenvalue weighted by Gasteiger charge is -2.36. The number of aliphatic imine (C=N–C) groups is 4. The van der Waals surface area contributed by atoms with Crippen molar-refractivity contribution >= 4 is 171 Å². The molecule has 0 saturated heterocycles. The van der Waals surface area contributed by atoms with Crippen LogP contribution in [0.4, 0.5) is 0 Å². The summed E-state index contributed by atoms with van der Waals surface area (Å²) in [5.41, 5.74) is 25.8. The third kappa shape index (κ3) is 30.9. The summed E-state index contributed by atoms with van der Waals surface area (Å²) < 4.78 is 15.9. The van der Waals surface area contributed by atoms with Crippen molar-refractivity contribution < 1.29 is 38.2 Å². The number of aliphatic carboxylic acids is 1. The number of carbonyl (C=O) groups is 4. The molecule has 4 aromatic carbocycles. The van der Waals surface area contributed by atoms with Crippen LogP contribution in [0.1, 0.15) is 109 Å². The third-order valence-electron chi connectivity index (χ3n) is 17.9. The average molecular weight is 1730 g/mol. The van der Waals surface area contributed by atoms with E-state index in [-0.39, 0.29) is 41.6 Å². The van der Waals surface area contributed by atoms with Gasteiger partial charge in [-0.05, 0) is 164 Å². The molecule has 0 atom stereocenters. The quantitative estimate of drug-likeness (QED) is 0.0119. The number of benzene rings is 4. The summed E-state index contributed by atoms with van der Waals surface area (Å²) in [6.07, 6.45) is 16.2. The Bertz CT molecular complexity index is 4100. The van der Waals surface area contributed by atoms with Gasteiger partial charge in [-0.25, -0.2) is 4.79 Å². The molecule has 4 aromatic heterocycles. The second kappa shape index (κ2) is 46.7. The van der Waals surface area contributed by atoms with Gasteiger partial charge in [0.05, 0.1) is 13.2 Å². The Morgan fingerprint density at radius 1 is 0.452 bits per heavy atom. The number of fused-ring (bicyclic) bond motifs is 4. The molecular weight excluding hydrogens is 1610 g/mol. The molecule has 22 nitrogen and oxygen atoms in total. The third-order valence-corrected chi connectivity index (χ3v) is 28.9. The average Bonchev–Trinajstić information content (AvgIpc) is 1.68. The van der Waals surface area contributed by atoms with Gasteiger partial charge in [0.25, 0.3) is 17.7 Å². The number of aliphatic hydroxyl groups is 1. The Morgan fingerprint density at radius 3 is 1.02 bits per heavy atom. The van der Waals surface area contributed by atoms with Gasteiger partial charge in [-0.15, -0.1) is 0 Å². The number of nitrogens with zero attached hydrogens (tertiary/aromatic N) is 4. The van der Waals surface area contributed by atoms with Crippen LogP contribution < -0.4 is 33.2 Å². The first-order valence-corrected chi connectivity index (χ1v) is 44.1. The summed E-state index contributed by atoms with van der Waals surface area (Å²) in [6.45, 7) is 29.2. The Hall–Kier alpha value is -6.29. The second-order valence-corrected chi connectivity index (χ2v) is 40.8. The van der Waals surface area contributed by atoms with E-state index >= 15 is 0 Å². The van der Waals surface area contributed by atoms with Crippen LogP contribution in [0.2, 0.25) is 36.3 Å². The normalized spacial score (nSPS) is 12.3. The fourth-order valence-corrected chi connectivity index (χ4v) is 13.2. The van der Waals surface area contributed by atoms with Crippen molar-refractivity contribution in [2.75, 3.05) is 87.3 Å². The number of nitrogens with two attached hydrogens (primary N) is 3. The van der Waals surface area contributed by atoms with Crippen molar-refractivity contribution in [3.8, 4) is 0 Å². The molecule has 28 heteroatoms. The summed E-state index contributed by atoms with van der Waals surface area (Å²) in [5, 5.41) is 30.9. The van der Waals surface area contributed by atoms with E-state index in [0.29, 0.717) is 80.7 Å². The van der Waals surface area contributed by atoms with Crippen molar-refractivity contribution in [2.24, 2.45) is 37.2 Å². The van der Waals surface area contributed by atoms with Crippen molar-refractivity contribution in [3.05, 3.63) is 138 Å². The zero-order valence-corrected chi connectivity index (χ0v) is 71.9. The lowest BCUT2D eigenvalue weighted by molar-refractivity contribution is -0.129. The van der Waals surface area contributed by atoms with Crippen LogP contribution in [-0.2, 0) is 53.7 Å². The van der Waals surface area contributed by atoms with Gasteiger partial charge in [0.1, 0.15) is 22.8 Å². The van der Waals surface area contributed by atoms with Gasteiger partial charge in [0.15, 0.2) is 16.6 Å². The minimum absolute atomic E-state index is 0.0738. The molecule has 104 heavy (non-hydrogen) atoms. The summed E-state index contributed by atoms with van der Waals surface area (Å²) in [6, 6.07) is 24.0. The largest absolute Gasteiger partial charge is 0.477 e. The summed E-state index contributed by atoms with van der Waals surface area (Å²) in [4.78, 5) is 76.4. The number of nitrogens with one attached hydrogen (secondary N) is 7. The number of carboxylic acid groups (broad SMARTS) is 1. The molecule has 0 saturated carbocycles. The Balaban J connectivity index is 0.000000335. The fraction of sp³-hybridized carbons (Fsp3) is 0.474. The van der Waals surface area contributed by atoms with E-state index < -0.39 is 22.6 Å². The number of H-pyrrole nitrogens is 4. The van der Waals surface area contributed by atoms with Crippen LogP contribution >= 0.6 is 63.7 Å². The highest BCUT2D eigenvalue weighted by molar-refractivity contribution is 9.11. The highest BCUT2D eigenvalue weighted by Gasteiger charge is 2.38. The van der Waals surface area contributed by atoms with Gasteiger partial charge in [0, 0.05) is 173 Å². The molecule has 8 rings (SSSR count). The molecule has 0 fully saturated rings. The molecular formula is C76H114Br4N14O8Si2. The maximum atomic E-state index is 12.5. The zero-order chi connectivity index (χ0) is 77.8. The van der Waals surface area contributed by atoms with Crippen LogP contribution in [0.5, 0.6) is 0 Å². The number of halogens is 4. The number of rotatable bonds is 29. The van der Waals surface area contributed by atoms with Crippen LogP contribution in [0.3, 0.4) is 0 Å². The van der Waals surface area contributed by atoms with Crippen molar-refractivity contribution in [3.63, 3.8) is 0 Å². The topological polar surface area (TPSA) is 354 Å². The van der Waals surface area contributed by atoms with Crippen LogP contribution in [0.15, 0.2) is 135 Å². The van der Waals surface area contributed by atoms with Crippen molar-refractivity contribution in [1.29, 1.82) is 0 Å². The number of aromatic amines is 4. The number of hydrogen-bond acceptors (Lipinski definition) is 14. The number of hydrogen-bond donors (Lipinski definition) is 12. The van der Waals surface area contributed by atoms with E-state index in [1.165, 1.54) is 19.9 Å². The molecule has 0 spiro atoms. The molecule has 0 aliphatic carbocycles. The first-order chi connectivity index (χ1) is 49.2. The molecule has 0 radical (unpaired) electrons. The molecule has 4 heterocycles. The summed E-state index contributed by atoms with van der Waals surface area (Å²) >= 11 is 13.8. The first kappa shape index (κ1) is 91.9. The highest BCUT2D eigenvalue weighted by Crippen LogP contribution is 2.37. The molecule has 3 amide bonds. The van der Waals surface area contributed by atoms with E-state index in [0.717, 1.165) is 123 Å². The number of carboxylic acids is 1. The minimum atomic E-state index is -1.79. The van der Waals surface area contributed by atoms with Crippen molar-refractivity contribution in [2.45, 2.75) is 149 Å². The van der Waals surface area contributed by atoms with Crippen LogP contribution in [0.25, 0.3) is 43.6 Å². The summed E-state index contributed by atoms with van der Waals surface area (Å²) in [5.74, 6) is -1.43. The molecule has 572 valence electrons. The maximum Gasteiger partial charge on any atom is 0.350 e. The number of amides is 3. The van der Waals surface area contributed by atoms with Gasteiger partial charge in [-0.1, -0.05) is 131 Å². The second-order valence-electron chi connectivity index (χ2n) is 27.6. The Labute approximate surface area is 650 Å². The van der Waals surface area contributed by atoms with E-state index in [1.807, 2.05) is 85.5 Å².